The highest BCUT2D eigenvalue weighted by molar-refractivity contribution is 5.93. The second kappa shape index (κ2) is 4.59. The molecule has 1 N–H and O–H groups in total. The molecule has 3 heterocycles. The van der Waals surface area contributed by atoms with E-state index in [1.807, 2.05) is 11.8 Å². The number of hydrogen-bond acceptors (Lipinski definition) is 4. The van der Waals surface area contributed by atoms with Gasteiger partial charge in [0.25, 0.3) is 5.91 Å². The van der Waals surface area contributed by atoms with Crippen LogP contribution in [-0.2, 0) is 0 Å². The van der Waals surface area contributed by atoms with Gasteiger partial charge in [-0.3, -0.25) is 4.79 Å². The van der Waals surface area contributed by atoms with E-state index in [-0.39, 0.29) is 5.91 Å². The van der Waals surface area contributed by atoms with E-state index < -0.39 is 0 Å². The van der Waals surface area contributed by atoms with Crippen molar-refractivity contribution in [2.45, 2.75) is 26.2 Å². The van der Waals surface area contributed by atoms with Gasteiger partial charge in [0.2, 0.25) is 0 Å². The van der Waals surface area contributed by atoms with E-state index in [4.69, 9.17) is 0 Å². The zero-order chi connectivity index (χ0) is 13.5. The molecule has 0 aromatic carbocycles. The summed E-state index contributed by atoms with van der Waals surface area (Å²) >= 11 is 0. The number of H-pyrrole nitrogens is 1. The Labute approximate surface area is 113 Å². The van der Waals surface area contributed by atoms with Gasteiger partial charge in [-0.1, -0.05) is 0 Å². The number of nitrogens with one attached hydrogen (secondary N) is 1. The lowest BCUT2D eigenvalue weighted by molar-refractivity contribution is 0.0730. The zero-order valence-corrected chi connectivity index (χ0v) is 11.6. The van der Waals surface area contributed by atoms with Gasteiger partial charge in [0.1, 0.15) is 0 Å². The number of nitrogens with zero attached hydrogens (tertiary/aromatic N) is 4. The Morgan fingerprint density at radius 3 is 2.53 bits per heavy atom. The fourth-order valence-corrected chi connectivity index (χ4v) is 3.25. The number of piperidine rings is 1. The molecule has 2 aliphatic rings. The molecule has 6 nitrogen and oxygen atoms in total. The number of rotatable bonds is 1. The molecule has 6 heteroatoms. The van der Waals surface area contributed by atoms with Crippen LogP contribution in [0.15, 0.2) is 0 Å². The van der Waals surface area contributed by atoms with Crippen LogP contribution in [0.5, 0.6) is 0 Å². The monoisotopic (exact) mass is 263 g/mol. The van der Waals surface area contributed by atoms with Gasteiger partial charge in [-0.2, -0.15) is 15.4 Å². The molecule has 1 amide bonds. The highest BCUT2D eigenvalue weighted by Crippen LogP contribution is 2.40. The van der Waals surface area contributed by atoms with Crippen LogP contribution in [-0.4, -0.2) is 64.3 Å². The van der Waals surface area contributed by atoms with E-state index >= 15 is 0 Å². The lowest BCUT2D eigenvalue weighted by atomic mass is 9.78. The molecule has 2 aliphatic heterocycles. The maximum absolute atomic E-state index is 12.4. The van der Waals surface area contributed by atoms with Crippen LogP contribution in [0, 0.1) is 12.3 Å². The molecular formula is C13H21N5O. The summed E-state index contributed by atoms with van der Waals surface area (Å²) in [7, 11) is 2.17. The zero-order valence-electron chi connectivity index (χ0n) is 11.6. The van der Waals surface area contributed by atoms with Crippen molar-refractivity contribution in [1.82, 2.24) is 25.2 Å². The van der Waals surface area contributed by atoms with E-state index in [0.717, 1.165) is 32.6 Å². The number of aryl methyl sites for hydroxylation is 1. The molecule has 0 saturated carbocycles. The Morgan fingerprint density at radius 1 is 1.21 bits per heavy atom. The number of carbonyl (C=O) groups is 1. The maximum atomic E-state index is 12.4. The maximum Gasteiger partial charge on any atom is 0.276 e. The minimum Gasteiger partial charge on any atom is -0.337 e. The second-order valence-electron chi connectivity index (χ2n) is 6.04. The molecule has 1 aromatic heterocycles. The summed E-state index contributed by atoms with van der Waals surface area (Å²) in [6.45, 7) is 5.84. The van der Waals surface area contributed by atoms with Crippen molar-refractivity contribution in [2.24, 2.45) is 5.41 Å². The Bertz CT molecular complexity index is 475. The molecule has 1 spiro atoms. The molecule has 0 bridgehead atoms. The SMILES string of the molecule is Cc1n[nH]nc1C(=O)N1CCC2(CCN(C)CC2)C1. The van der Waals surface area contributed by atoms with Crippen molar-refractivity contribution < 1.29 is 4.79 Å². The summed E-state index contributed by atoms with van der Waals surface area (Å²) in [6, 6.07) is 0. The molecule has 0 unspecified atom stereocenters. The molecule has 0 radical (unpaired) electrons. The Morgan fingerprint density at radius 2 is 1.89 bits per heavy atom. The molecular weight excluding hydrogens is 242 g/mol. The molecule has 1 aromatic rings. The van der Waals surface area contributed by atoms with Crippen molar-refractivity contribution >= 4 is 5.91 Å². The predicted molar refractivity (Wildman–Crippen MR) is 70.8 cm³/mol. The smallest absolute Gasteiger partial charge is 0.276 e. The van der Waals surface area contributed by atoms with Crippen LogP contribution >= 0.6 is 0 Å². The number of likely N-dealkylation sites (tertiary alicyclic amines) is 2. The van der Waals surface area contributed by atoms with Crippen LogP contribution in [0.3, 0.4) is 0 Å². The number of amides is 1. The lowest BCUT2D eigenvalue weighted by Crippen LogP contribution is -2.40. The lowest BCUT2D eigenvalue weighted by Gasteiger charge is -2.37. The quantitative estimate of drug-likeness (QED) is 0.809. The van der Waals surface area contributed by atoms with E-state index in [1.54, 1.807) is 0 Å². The third kappa shape index (κ3) is 2.25. The van der Waals surface area contributed by atoms with Gasteiger partial charge in [0.05, 0.1) is 5.69 Å². The van der Waals surface area contributed by atoms with Crippen molar-refractivity contribution in [3.63, 3.8) is 0 Å². The Kier molecular flexibility index (Phi) is 3.05. The molecule has 104 valence electrons. The molecule has 0 aliphatic carbocycles. The highest BCUT2D eigenvalue weighted by atomic mass is 16.2. The van der Waals surface area contributed by atoms with Crippen LogP contribution < -0.4 is 0 Å². The summed E-state index contributed by atoms with van der Waals surface area (Å²) in [5.74, 6) is 0.0297. The standard InChI is InChI=1S/C13H21N5O/c1-10-11(15-16-14-10)12(19)18-8-5-13(9-18)3-6-17(2)7-4-13/h3-9H2,1-2H3,(H,14,15,16). The van der Waals surface area contributed by atoms with Crippen molar-refractivity contribution in [3.8, 4) is 0 Å². The van der Waals surface area contributed by atoms with Gasteiger partial charge in [-0.05, 0) is 51.7 Å². The summed E-state index contributed by atoms with van der Waals surface area (Å²) in [5.41, 5.74) is 1.51. The van der Waals surface area contributed by atoms with Crippen molar-refractivity contribution in [2.75, 3.05) is 33.2 Å². The number of carbonyl (C=O) groups excluding carboxylic acids is 1. The molecule has 2 saturated heterocycles. The summed E-state index contributed by atoms with van der Waals surface area (Å²) in [4.78, 5) is 16.7. The molecule has 19 heavy (non-hydrogen) atoms. The van der Waals surface area contributed by atoms with Crippen LogP contribution in [0.2, 0.25) is 0 Å². The van der Waals surface area contributed by atoms with Gasteiger partial charge >= 0.3 is 0 Å². The topological polar surface area (TPSA) is 65.1 Å². The largest absolute Gasteiger partial charge is 0.337 e. The summed E-state index contributed by atoms with van der Waals surface area (Å²) in [6.07, 6.45) is 3.53. The third-order valence-corrected chi connectivity index (χ3v) is 4.70. The highest BCUT2D eigenvalue weighted by Gasteiger charge is 2.42. The minimum absolute atomic E-state index is 0.0297. The van der Waals surface area contributed by atoms with Crippen LogP contribution in [0.25, 0.3) is 0 Å². The number of aromatic nitrogens is 3. The molecule has 2 fully saturated rings. The fraction of sp³-hybridized carbons (Fsp3) is 0.769. The minimum atomic E-state index is 0.0297. The first kappa shape index (κ1) is 12.6. The first-order valence-corrected chi connectivity index (χ1v) is 6.95. The summed E-state index contributed by atoms with van der Waals surface area (Å²) < 4.78 is 0. The number of aromatic amines is 1. The third-order valence-electron chi connectivity index (χ3n) is 4.70. The van der Waals surface area contributed by atoms with Crippen molar-refractivity contribution in [3.05, 3.63) is 11.4 Å². The Hall–Kier alpha value is -1.43. The van der Waals surface area contributed by atoms with Gasteiger partial charge < -0.3 is 9.80 Å². The van der Waals surface area contributed by atoms with Crippen LogP contribution in [0.4, 0.5) is 0 Å². The van der Waals surface area contributed by atoms with Gasteiger partial charge in [-0.15, -0.1) is 0 Å². The molecule has 0 atom stereocenters. The van der Waals surface area contributed by atoms with E-state index in [1.165, 1.54) is 12.8 Å². The van der Waals surface area contributed by atoms with E-state index in [2.05, 4.69) is 27.4 Å². The average Bonchev–Trinajstić information content (AvgIpc) is 3.00. The fourth-order valence-electron chi connectivity index (χ4n) is 3.25. The van der Waals surface area contributed by atoms with Gasteiger partial charge in [0.15, 0.2) is 5.69 Å². The predicted octanol–water partition coefficient (Wildman–Crippen LogP) is 0.671. The Balaban J connectivity index is 1.69. The normalized spacial score (nSPS) is 23.2. The van der Waals surface area contributed by atoms with E-state index in [0.29, 0.717) is 16.8 Å². The second-order valence-corrected chi connectivity index (χ2v) is 6.04. The molecule has 3 rings (SSSR count). The van der Waals surface area contributed by atoms with Crippen LogP contribution in [0.1, 0.15) is 35.4 Å². The van der Waals surface area contributed by atoms with Crippen molar-refractivity contribution in [1.29, 1.82) is 0 Å². The van der Waals surface area contributed by atoms with E-state index in [9.17, 15) is 4.79 Å². The average molecular weight is 263 g/mol. The first-order chi connectivity index (χ1) is 9.10. The first-order valence-electron chi connectivity index (χ1n) is 6.95. The summed E-state index contributed by atoms with van der Waals surface area (Å²) in [5, 5.41) is 10.4. The van der Waals surface area contributed by atoms with Gasteiger partial charge in [0, 0.05) is 13.1 Å². The van der Waals surface area contributed by atoms with Gasteiger partial charge in [-0.25, -0.2) is 0 Å². The number of hydrogen-bond donors (Lipinski definition) is 1.